The summed E-state index contributed by atoms with van der Waals surface area (Å²) in [7, 11) is 0. The lowest BCUT2D eigenvalue weighted by Crippen LogP contribution is -2.28. The van der Waals surface area contributed by atoms with Gasteiger partial charge in [-0.05, 0) is 0 Å². The highest BCUT2D eigenvalue weighted by Crippen LogP contribution is 2.01. The molecule has 0 aromatic rings. The zero-order chi connectivity index (χ0) is 17.7. The number of hydrogen-bond acceptors (Lipinski definition) is 5. The summed E-state index contributed by atoms with van der Waals surface area (Å²) in [5.41, 5.74) is 0. The second kappa shape index (κ2) is 13.2. The van der Waals surface area contributed by atoms with Crippen LogP contribution in [-0.2, 0) is 23.9 Å². The van der Waals surface area contributed by atoms with E-state index in [2.05, 4.69) is 5.32 Å². The van der Waals surface area contributed by atoms with Crippen molar-refractivity contribution in [1.82, 2.24) is 5.32 Å². The van der Waals surface area contributed by atoms with Crippen LogP contribution in [0.4, 0.5) is 0 Å². The molecule has 1 amide bonds. The minimum Gasteiger partial charge on any atom is -0.379 e. The Bertz CT molecular complexity index is 366. The van der Waals surface area contributed by atoms with Crippen molar-refractivity contribution in [1.29, 1.82) is 0 Å². The van der Waals surface area contributed by atoms with Crippen LogP contribution in [0.1, 0.15) is 47.0 Å². The van der Waals surface area contributed by atoms with Gasteiger partial charge in [0.15, 0.2) is 0 Å². The summed E-state index contributed by atoms with van der Waals surface area (Å²) in [5, 5.41) is 2.70. The average Bonchev–Trinajstić information content (AvgIpc) is 2.50. The number of nitrogens with one attached hydrogen (secondary N) is 1. The van der Waals surface area contributed by atoms with E-state index in [1.165, 1.54) is 0 Å². The van der Waals surface area contributed by atoms with E-state index in [-0.39, 0.29) is 42.2 Å². The van der Waals surface area contributed by atoms with E-state index in [4.69, 9.17) is 9.47 Å². The summed E-state index contributed by atoms with van der Waals surface area (Å²) in [4.78, 5) is 34.2. The molecule has 0 aromatic carbocycles. The van der Waals surface area contributed by atoms with Crippen LogP contribution in [-0.4, -0.2) is 50.4 Å². The van der Waals surface area contributed by atoms with E-state index in [0.29, 0.717) is 39.4 Å². The van der Waals surface area contributed by atoms with E-state index < -0.39 is 0 Å². The van der Waals surface area contributed by atoms with Gasteiger partial charge in [-0.25, -0.2) is 0 Å². The maximum Gasteiger partial charge on any atom is 0.220 e. The Morgan fingerprint density at radius 1 is 0.739 bits per heavy atom. The second-order valence-electron chi connectivity index (χ2n) is 6.07. The molecule has 0 saturated heterocycles. The smallest absolute Gasteiger partial charge is 0.220 e. The Morgan fingerprint density at radius 3 is 1.83 bits per heavy atom. The van der Waals surface area contributed by atoms with Crippen LogP contribution in [0.5, 0.6) is 0 Å². The van der Waals surface area contributed by atoms with Crippen LogP contribution in [0.2, 0.25) is 0 Å². The van der Waals surface area contributed by atoms with Crippen molar-refractivity contribution in [2.75, 3.05) is 33.0 Å². The zero-order valence-corrected chi connectivity index (χ0v) is 14.9. The van der Waals surface area contributed by atoms with Crippen LogP contribution >= 0.6 is 0 Å². The third-order valence-corrected chi connectivity index (χ3v) is 3.32. The van der Waals surface area contributed by atoms with Crippen molar-refractivity contribution in [3.63, 3.8) is 0 Å². The van der Waals surface area contributed by atoms with Gasteiger partial charge < -0.3 is 14.8 Å². The van der Waals surface area contributed by atoms with Crippen LogP contribution in [0.15, 0.2) is 0 Å². The molecule has 0 rings (SSSR count). The molecule has 0 aliphatic rings. The fourth-order valence-electron chi connectivity index (χ4n) is 1.66. The average molecular weight is 329 g/mol. The molecule has 6 nitrogen and oxygen atoms in total. The summed E-state index contributed by atoms with van der Waals surface area (Å²) in [6.07, 6.45) is 0.945. The lowest BCUT2D eigenvalue weighted by Gasteiger charge is -2.08. The standard InChI is InChI=1S/C17H31NO5/c1-13(2)15(19)5-6-17(21)18-8-10-23-12-11-22-9-7-16(20)14(3)4/h13-14H,5-12H2,1-4H3,(H,18,21). The van der Waals surface area contributed by atoms with Gasteiger partial charge in [0, 0.05) is 37.6 Å². The number of Topliss-reactive ketones (excluding diaryl/α,β-unsaturated/α-hetero) is 2. The molecule has 0 bridgehead atoms. The SMILES string of the molecule is CC(C)C(=O)CCOCCOCCNC(=O)CCC(=O)C(C)C. The van der Waals surface area contributed by atoms with E-state index in [9.17, 15) is 14.4 Å². The molecular formula is C17H31NO5. The lowest BCUT2D eigenvalue weighted by molar-refractivity contribution is -0.126. The minimum atomic E-state index is -0.133. The summed E-state index contributed by atoms with van der Waals surface area (Å²) < 4.78 is 10.6. The van der Waals surface area contributed by atoms with Gasteiger partial charge in [0.1, 0.15) is 11.6 Å². The summed E-state index contributed by atoms with van der Waals surface area (Å²) in [5.74, 6) is 0.191. The van der Waals surface area contributed by atoms with Gasteiger partial charge in [-0.15, -0.1) is 0 Å². The monoisotopic (exact) mass is 329 g/mol. The van der Waals surface area contributed by atoms with Gasteiger partial charge in [-0.1, -0.05) is 27.7 Å². The van der Waals surface area contributed by atoms with Crippen LogP contribution < -0.4 is 5.32 Å². The quantitative estimate of drug-likeness (QED) is 0.491. The van der Waals surface area contributed by atoms with Crippen molar-refractivity contribution < 1.29 is 23.9 Å². The largest absolute Gasteiger partial charge is 0.379 e. The Morgan fingerprint density at radius 2 is 1.26 bits per heavy atom. The van der Waals surface area contributed by atoms with E-state index in [1.54, 1.807) is 0 Å². The first-order valence-corrected chi connectivity index (χ1v) is 8.32. The predicted molar refractivity (Wildman–Crippen MR) is 88.2 cm³/mol. The van der Waals surface area contributed by atoms with Gasteiger partial charge in [0.25, 0.3) is 0 Å². The molecule has 134 valence electrons. The Labute approximate surface area is 139 Å². The van der Waals surface area contributed by atoms with Gasteiger partial charge >= 0.3 is 0 Å². The maximum atomic E-state index is 11.5. The number of carbonyl (C=O) groups excluding carboxylic acids is 3. The van der Waals surface area contributed by atoms with Crippen LogP contribution in [0.25, 0.3) is 0 Å². The van der Waals surface area contributed by atoms with Crippen molar-refractivity contribution >= 4 is 17.5 Å². The fraction of sp³-hybridized carbons (Fsp3) is 0.824. The van der Waals surface area contributed by atoms with E-state index in [0.717, 1.165) is 0 Å². The number of rotatable bonds is 14. The molecule has 6 heteroatoms. The Balaban J connectivity index is 3.37. The normalized spacial score (nSPS) is 11.0. The topological polar surface area (TPSA) is 81.7 Å². The van der Waals surface area contributed by atoms with Crippen molar-refractivity contribution in [2.24, 2.45) is 11.8 Å². The second-order valence-corrected chi connectivity index (χ2v) is 6.07. The Hall–Kier alpha value is -1.27. The third kappa shape index (κ3) is 12.9. The summed E-state index contributed by atoms with van der Waals surface area (Å²) >= 11 is 0. The first-order valence-electron chi connectivity index (χ1n) is 8.32. The van der Waals surface area contributed by atoms with Gasteiger partial charge in [0.2, 0.25) is 5.91 Å². The van der Waals surface area contributed by atoms with E-state index >= 15 is 0 Å². The van der Waals surface area contributed by atoms with E-state index in [1.807, 2.05) is 27.7 Å². The molecule has 0 fully saturated rings. The van der Waals surface area contributed by atoms with Gasteiger partial charge in [0.05, 0.1) is 26.4 Å². The number of carbonyl (C=O) groups is 3. The molecule has 0 radical (unpaired) electrons. The van der Waals surface area contributed by atoms with Crippen LogP contribution in [0, 0.1) is 11.8 Å². The van der Waals surface area contributed by atoms with Crippen molar-refractivity contribution in [3.8, 4) is 0 Å². The highest BCUT2D eigenvalue weighted by atomic mass is 16.5. The number of ketones is 2. The molecule has 0 aliphatic heterocycles. The molecule has 0 heterocycles. The molecule has 0 unspecified atom stereocenters. The first kappa shape index (κ1) is 21.7. The third-order valence-electron chi connectivity index (χ3n) is 3.32. The molecule has 0 atom stereocenters. The highest BCUT2D eigenvalue weighted by Gasteiger charge is 2.09. The lowest BCUT2D eigenvalue weighted by atomic mass is 10.0. The van der Waals surface area contributed by atoms with Gasteiger partial charge in [-0.3, -0.25) is 14.4 Å². The van der Waals surface area contributed by atoms with Crippen molar-refractivity contribution in [2.45, 2.75) is 47.0 Å². The summed E-state index contributed by atoms with van der Waals surface area (Å²) in [6, 6.07) is 0. The number of hydrogen-bond donors (Lipinski definition) is 1. The van der Waals surface area contributed by atoms with Crippen molar-refractivity contribution in [3.05, 3.63) is 0 Å². The highest BCUT2D eigenvalue weighted by molar-refractivity contribution is 5.85. The minimum absolute atomic E-state index is 0.0260. The molecule has 0 aromatic heterocycles. The van der Waals surface area contributed by atoms with Gasteiger partial charge in [-0.2, -0.15) is 0 Å². The molecule has 0 spiro atoms. The maximum absolute atomic E-state index is 11.5. The zero-order valence-electron chi connectivity index (χ0n) is 14.9. The first-order chi connectivity index (χ1) is 10.8. The molecule has 23 heavy (non-hydrogen) atoms. The number of amides is 1. The fourth-order valence-corrected chi connectivity index (χ4v) is 1.66. The molecule has 0 saturated carbocycles. The van der Waals surface area contributed by atoms with Crippen LogP contribution in [0.3, 0.4) is 0 Å². The summed E-state index contributed by atoms with van der Waals surface area (Å²) in [6.45, 7) is 9.50. The molecule has 1 N–H and O–H groups in total. The predicted octanol–water partition coefficient (Wildman–Crippen LogP) is 1.76. The Kier molecular flexibility index (Phi) is 12.5. The number of ether oxygens (including phenoxy) is 2. The molecule has 0 aliphatic carbocycles. The molecular weight excluding hydrogens is 298 g/mol.